The average Bonchev–Trinajstić information content (AvgIpc) is 2.06. The Morgan fingerprint density at radius 3 is 1.46 bits per heavy atom. The lowest BCUT2D eigenvalue weighted by molar-refractivity contribution is -0.137. The van der Waals surface area contributed by atoms with Crippen molar-refractivity contribution < 1.29 is 9.90 Å². The normalized spacial score (nSPS) is 8.85. The standard InChI is InChI=1S/C6H6.C5H10O2/c1-2-4-6-5-3-1;1-4(2)3-5(6)7/h1-6H;4H,3H2,1-2H3,(H,6,7). The number of hydrogen-bond donors (Lipinski definition) is 1. The highest BCUT2D eigenvalue weighted by Crippen LogP contribution is 1.96. The molecule has 1 aromatic carbocycles. The molecule has 13 heavy (non-hydrogen) atoms. The Hall–Kier alpha value is -1.31. The molecule has 0 heterocycles. The van der Waals surface area contributed by atoms with Gasteiger partial charge in [0.2, 0.25) is 0 Å². The van der Waals surface area contributed by atoms with Crippen LogP contribution < -0.4 is 0 Å². The molecule has 0 saturated heterocycles. The molecule has 0 unspecified atom stereocenters. The molecule has 1 N–H and O–H groups in total. The summed E-state index contributed by atoms with van der Waals surface area (Å²) in [4.78, 5) is 9.81. The summed E-state index contributed by atoms with van der Waals surface area (Å²) in [5, 5.41) is 8.08. The van der Waals surface area contributed by atoms with Crippen LogP contribution >= 0.6 is 0 Å². The Morgan fingerprint density at radius 1 is 1.08 bits per heavy atom. The lowest BCUT2D eigenvalue weighted by Gasteiger charge is -1.94. The van der Waals surface area contributed by atoms with E-state index >= 15 is 0 Å². The van der Waals surface area contributed by atoms with E-state index in [1.54, 1.807) is 0 Å². The summed E-state index contributed by atoms with van der Waals surface area (Å²) in [6, 6.07) is 12.0. The third kappa shape index (κ3) is 10.7. The molecular formula is C11H16O2. The fourth-order valence-electron chi connectivity index (χ4n) is 0.734. The zero-order valence-electron chi connectivity index (χ0n) is 8.10. The molecule has 2 heteroatoms. The van der Waals surface area contributed by atoms with Crippen molar-refractivity contribution in [3.8, 4) is 0 Å². The second-order valence-corrected chi connectivity index (χ2v) is 3.15. The van der Waals surface area contributed by atoms with Crippen molar-refractivity contribution in [1.82, 2.24) is 0 Å². The van der Waals surface area contributed by atoms with Crippen LogP contribution in [0.3, 0.4) is 0 Å². The second kappa shape index (κ2) is 7.35. The predicted octanol–water partition coefficient (Wildman–Crippen LogP) is 2.80. The lowest BCUT2D eigenvalue weighted by atomic mass is 10.1. The minimum Gasteiger partial charge on any atom is -0.481 e. The van der Waals surface area contributed by atoms with Crippen molar-refractivity contribution in [2.45, 2.75) is 20.3 Å². The van der Waals surface area contributed by atoms with Crippen LogP contribution in [0.4, 0.5) is 0 Å². The first-order chi connectivity index (χ1) is 6.13. The largest absolute Gasteiger partial charge is 0.481 e. The van der Waals surface area contributed by atoms with E-state index in [4.69, 9.17) is 5.11 Å². The topological polar surface area (TPSA) is 37.3 Å². The lowest BCUT2D eigenvalue weighted by Crippen LogP contribution is -1.99. The van der Waals surface area contributed by atoms with E-state index in [-0.39, 0.29) is 12.3 Å². The summed E-state index contributed by atoms with van der Waals surface area (Å²) < 4.78 is 0. The molecule has 0 aromatic heterocycles. The van der Waals surface area contributed by atoms with Gasteiger partial charge in [-0.25, -0.2) is 0 Å². The Balaban J connectivity index is 0.000000223. The Bertz CT molecular complexity index is 190. The van der Waals surface area contributed by atoms with Gasteiger partial charge in [0.25, 0.3) is 0 Å². The molecule has 0 aliphatic rings. The SMILES string of the molecule is CC(C)CC(=O)O.c1ccccc1. The van der Waals surface area contributed by atoms with Crippen LogP contribution in [0.15, 0.2) is 36.4 Å². The maximum absolute atomic E-state index is 9.81. The molecule has 0 radical (unpaired) electrons. The molecule has 0 fully saturated rings. The fourth-order valence-corrected chi connectivity index (χ4v) is 0.734. The summed E-state index contributed by atoms with van der Waals surface area (Å²) in [7, 11) is 0. The van der Waals surface area contributed by atoms with E-state index in [0.29, 0.717) is 0 Å². The summed E-state index contributed by atoms with van der Waals surface area (Å²) in [6.07, 6.45) is 0.278. The first kappa shape index (κ1) is 11.7. The molecule has 0 aliphatic carbocycles. The zero-order chi connectivity index (χ0) is 10.1. The number of hydrogen-bond acceptors (Lipinski definition) is 1. The van der Waals surface area contributed by atoms with Gasteiger partial charge in [-0.05, 0) is 5.92 Å². The van der Waals surface area contributed by atoms with Gasteiger partial charge in [0.15, 0.2) is 0 Å². The van der Waals surface area contributed by atoms with Gasteiger partial charge in [-0.2, -0.15) is 0 Å². The van der Waals surface area contributed by atoms with Gasteiger partial charge in [-0.3, -0.25) is 4.79 Å². The zero-order valence-corrected chi connectivity index (χ0v) is 8.10. The summed E-state index contributed by atoms with van der Waals surface area (Å²) in [5.74, 6) is -0.438. The smallest absolute Gasteiger partial charge is 0.303 e. The van der Waals surface area contributed by atoms with Gasteiger partial charge < -0.3 is 5.11 Å². The minimum absolute atomic E-state index is 0.275. The number of rotatable bonds is 2. The average molecular weight is 180 g/mol. The molecule has 0 amide bonds. The van der Waals surface area contributed by atoms with Crippen LogP contribution in [-0.4, -0.2) is 11.1 Å². The molecule has 1 rings (SSSR count). The van der Waals surface area contributed by atoms with Crippen molar-refractivity contribution in [1.29, 1.82) is 0 Å². The van der Waals surface area contributed by atoms with E-state index in [9.17, 15) is 4.79 Å². The van der Waals surface area contributed by atoms with Crippen molar-refractivity contribution in [2.75, 3.05) is 0 Å². The number of aliphatic carboxylic acids is 1. The first-order valence-corrected chi connectivity index (χ1v) is 4.34. The van der Waals surface area contributed by atoms with Crippen LogP contribution in [-0.2, 0) is 4.79 Å². The molecule has 0 saturated carbocycles. The van der Waals surface area contributed by atoms with Gasteiger partial charge >= 0.3 is 5.97 Å². The molecular weight excluding hydrogens is 164 g/mol. The molecule has 0 atom stereocenters. The maximum Gasteiger partial charge on any atom is 0.303 e. The highest BCUT2D eigenvalue weighted by molar-refractivity contribution is 5.66. The van der Waals surface area contributed by atoms with Crippen molar-refractivity contribution in [3.63, 3.8) is 0 Å². The van der Waals surface area contributed by atoms with Crippen LogP contribution in [0.25, 0.3) is 0 Å². The molecule has 72 valence electrons. The fraction of sp³-hybridized carbons (Fsp3) is 0.364. The Kier molecular flexibility index (Phi) is 6.60. The molecule has 0 spiro atoms. The van der Waals surface area contributed by atoms with Crippen LogP contribution in [0, 0.1) is 5.92 Å². The van der Waals surface area contributed by atoms with Gasteiger partial charge in [0.1, 0.15) is 0 Å². The van der Waals surface area contributed by atoms with Gasteiger partial charge in [-0.15, -0.1) is 0 Å². The van der Waals surface area contributed by atoms with E-state index in [0.717, 1.165) is 0 Å². The number of benzene rings is 1. The molecule has 0 aliphatic heterocycles. The second-order valence-electron chi connectivity index (χ2n) is 3.15. The number of carboxylic acid groups (broad SMARTS) is 1. The first-order valence-electron chi connectivity index (χ1n) is 4.34. The third-order valence-corrected chi connectivity index (χ3v) is 1.25. The van der Waals surface area contributed by atoms with Crippen LogP contribution in [0.2, 0.25) is 0 Å². The number of carbonyl (C=O) groups is 1. The predicted molar refractivity (Wildman–Crippen MR) is 53.5 cm³/mol. The highest BCUT2D eigenvalue weighted by atomic mass is 16.4. The quantitative estimate of drug-likeness (QED) is 0.759. The van der Waals surface area contributed by atoms with Gasteiger partial charge in [0, 0.05) is 6.42 Å². The van der Waals surface area contributed by atoms with Gasteiger partial charge in [0.05, 0.1) is 0 Å². The van der Waals surface area contributed by atoms with E-state index in [1.807, 2.05) is 50.2 Å². The summed E-state index contributed by atoms with van der Waals surface area (Å²) in [5.41, 5.74) is 0. The third-order valence-electron chi connectivity index (χ3n) is 1.25. The minimum atomic E-state index is -0.713. The maximum atomic E-state index is 9.81. The van der Waals surface area contributed by atoms with Gasteiger partial charge in [-0.1, -0.05) is 50.2 Å². The van der Waals surface area contributed by atoms with E-state index < -0.39 is 5.97 Å². The summed E-state index contributed by atoms with van der Waals surface area (Å²) in [6.45, 7) is 3.77. The highest BCUT2D eigenvalue weighted by Gasteiger charge is 1.98. The molecule has 0 bridgehead atoms. The monoisotopic (exact) mass is 180 g/mol. The van der Waals surface area contributed by atoms with Crippen molar-refractivity contribution >= 4 is 5.97 Å². The summed E-state index contributed by atoms with van der Waals surface area (Å²) >= 11 is 0. The molecule has 1 aromatic rings. The number of carboxylic acids is 1. The van der Waals surface area contributed by atoms with E-state index in [1.165, 1.54) is 0 Å². The Morgan fingerprint density at radius 2 is 1.38 bits per heavy atom. The van der Waals surface area contributed by atoms with Crippen LogP contribution in [0.1, 0.15) is 20.3 Å². The van der Waals surface area contributed by atoms with Crippen molar-refractivity contribution in [2.24, 2.45) is 5.92 Å². The Labute approximate surface area is 79.2 Å². The van der Waals surface area contributed by atoms with Crippen molar-refractivity contribution in [3.05, 3.63) is 36.4 Å². The van der Waals surface area contributed by atoms with Crippen LogP contribution in [0.5, 0.6) is 0 Å². The molecule has 2 nitrogen and oxygen atoms in total. The van der Waals surface area contributed by atoms with E-state index in [2.05, 4.69) is 0 Å².